The number of hydrogen-bond donors (Lipinski definition) is 11. The van der Waals surface area contributed by atoms with E-state index in [1.807, 2.05) is 26.1 Å². The topological polar surface area (TPSA) is 307 Å². The molecule has 0 saturated heterocycles. The maximum absolute atomic E-state index is 13.7. The normalized spacial score (nSPS) is 16.2. The van der Waals surface area contributed by atoms with Crippen molar-refractivity contribution in [3.63, 3.8) is 0 Å². The van der Waals surface area contributed by atoms with Gasteiger partial charge >= 0.3 is 5.97 Å². The molecule has 0 aliphatic heterocycles. The van der Waals surface area contributed by atoms with E-state index in [1.54, 1.807) is 43.5 Å². The van der Waals surface area contributed by atoms with E-state index in [-0.39, 0.29) is 24.7 Å². The molecule has 0 bridgehead atoms. The second-order valence-electron chi connectivity index (χ2n) is 14.2. The lowest BCUT2D eigenvalue weighted by Gasteiger charge is -2.27. The minimum Gasteiger partial charge on any atom is -0.480 e. The Hall–Kier alpha value is -4.79. The van der Waals surface area contributed by atoms with Gasteiger partial charge in [-0.1, -0.05) is 70.9 Å². The molecular weight excluding hydrogens is 777 g/mol. The average Bonchev–Trinajstić information content (AvgIpc) is 3.19. The molecule has 326 valence electrons. The third-order valence-electron chi connectivity index (χ3n) is 9.50. The van der Waals surface area contributed by atoms with Crippen molar-refractivity contribution in [3.8, 4) is 0 Å². The Morgan fingerprint density at radius 1 is 0.638 bits per heavy atom. The Labute approximate surface area is 343 Å². The van der Waals surface area contributed by atoms with Crippen LogP contribution in [0.2, 0.25) is 0 Å². The molecule has 1 aromatic carbocycles. The number of carboxylic acids is 1. The molecule has 0 aliphatic rings. The first-order chi connectivity index (χ1) is 27.3. The highest BCUT2D eigenvalue weighted by Gasteiger charge is 2.33. The fourth-order valence-corrected chi connectivity index (χ4v) is 5.85. The maximum atomic E-state index is 13.7. The molecule has 1 aromatic rings. The lowest BCUT2D eigenvalue weighted by atomic mass is 9.95. The average molecular weight is 839 g/mol. The summed E-state index contributed by atoms with van der Waals surface area (Å²) < 4.78 is 0. The van der Waals surface area contributed by atoms with Gasteiger partial charge in [-0.05, 0) is 49.7 Å². The molecule has 0 fully saturated rings. The first-order valence-electron chi connectivity index (χ1n) is 19.2. The van der Waals surface area contributed by atoms with E-state index < -0.39 is 109 Å². The lowest BCUT2D eigenvalue weighted by molar-refractivity contribution is -0.145. The molecule has 0 radical (unpaired) electrons. The zero-order chi connectivity index (χ0) is 44.1. The number of aliphatic carboxylic acids is 1. The summed E-state index contributed by atoms with van der Waals surface area (Å²) in [5.74, 6) is -6.90. The van der Waals surface area contributed by atoms with Gasteiger partial charge in [0, 0.05) is 6.42 Å². The molecular formula is C38H62N8O11S. The Balaban J connectivity index is 3.09. The van der Waals surface area contributed by atoms with Crippen molar-refractivity contribution >= 4 is 59.1 Å². The largest absolute Gasteiger partial charge is 0.480 e. The summed E-state index contributed by atoms with van der Waals surface area (Å²) >= 11 is 1.40. The van der Waals surface area contributed by atoms with Crippen LogP contribution < -0.4 is 43.0 Å². The van der Waals surface area contributed by atoms with Gasteiger partial charge in [-0.3, -0.25) is 33.6 Å². The standard InChI is InChI=1S/C38H62N8O11S/c1-8-20(3)29(39)35(53)45-30(21(4)9-2)36(54)41-18-27(49)42-25(15-16-58-7)34(52)43-26(17-24-13-11-10-12-14-24)33(51)40-19-28(50)44-31(22(5)47)37(55)46-32(23(6)48)38(56)57/h10-14,20-23,25-26,29-32,47-48H,8-9,15-19,39H2,1-7H3,(H,40,51)(H,41,54)(H,42,49)(H,43,52)(H,44,50)(H,45,53)(H,46,55)(H,56,57)/t20-,21-,22+,23+,25-,26-,29-,30-,31-,32-/m0/s1. The molecule has 19 nitrogen and oxygen atoms in total. The van der Waals surface area contributed by atoms with Gasteiger partial charge in [-0.25, -0.2) is 4.79 Å². The van der Waals surface area contributed by atoms with E-state index in [0.717, 1.165) is 6.92 Å². The Bertz CT molecular complexity index is 1530. The number of rotatable bonds is 26. The number of carbonyl (C=O) groups is 8. The number of carboxylic acid groups (broad SMARTS) is 1. The molecule has 20 heteroatoms. The second-order valence-corrected chi connectivity index (χ2v) is 15.2. The quantitative estimate of drug-likeness (QED) is 0.0478. The Morgan fingerprint density at radius 2 is 1.17 bits per heavy atom. The summed E-state index contributed by atoms with van der Waals surface area (Å²) in [6, 6.07) is 1.04. The predicted octanol–water partition coefficient (Wildman–Crippen LogP) is -2.10. The highest BCUT2D eigenvalue weighted by atomic mass is 32.2. The molecule has 0 spiro atoms. The van der Waals surface area contributed by atoms with Gasteiger partial charge in [-0.15, -0.1) is 0 Å². The Kier molecular flexibility index (Phi) is 23.2. The highest BCUT2D eigenvalue weighted by molar-refractivity contribution is 7.98. The number of aliphatic hydroxyl groups is 2. The molecule has 0 aromatic heterocycles. The van der Waals surface area contributed by atoms with Crippen LogP contribution in [0.4, 0.5) is 0 Å². The third kappa shape index (κ3) is 17.8. The van der Waals surface area contributed by atoms with Crippen LogP contribution in [0.3, 0.4) is 0 Å². The van der Waals surface area contributed by atoms with Crippen molar-refractivity contribution < 1.29 is 53.7 Å². The lowest BCUT2D eigenvalue weighted by Crippen LogP contribution is -2.59. The monoisotopic (exact) mass is 838 g/mol. The summed E-state index contributed by atoms with van der Waals surface area (Å²) in [7, 11) is 0. The molecule has 0 saturated carbocycles. The predicted molar refractivity (Wildman–Crippen MR) is 217 cm³/mol. The van der Waals surface area contributed by atoms with E-state index in [4.69, 9.17) is 5.73 Å². The van der Waals surface area contributed by atoms with Gasteiger partial charge in [-0.2, -0.15) is 11.8 Å². The van der Waals surface area contributed by atoms with Crippen LogP contribution in [-0.4, -0.2) is 136 Å². The second kappa shape index (κ2) is 26.3. The SMILES string of the molecule is CC[C@H](C)[C@H](N)C(=O)N[C@H](C(=O)NCC(=O)N[C@@H](CCSC)C(=O)N[C@@H](Cc1ccccc1)C(=O)NCC(=O)N[C@H](C(=O)N[C@H](C(=O)O)[C@@H](C)O)[C@@H](C)O)[C@@H](C)CC. The van der Waals surface area contributed by atoms with Gasteiger partial charge < -0.3 is 58.3 Å². The number of carbonyl (C=O) groups excluding carboxylic acids is 7. The minimum atomic E-state index is -1.73. The first kappa shape index (κ1) is 51.2. The van der Waals surface area contributed by atoms with Crippen molar-refractivity contribution in [2.24, 2.45) is 17.6 Å². The van der Waals surface area contributed by atoms with Crippen LogP contribution in [0.15, 0.2) is 30.3 Å². The molecule has 7 amide bonds. The smallest absolute Gasteiger partial charge is 0.328 e. The van der Waals surface area contributed by atoms with Gasteiger partial charge in [0.1, 0.15) is 24.2 Å². The molecule has 0 unspecified atom stereocenters. The number of nitrogens with two attached hydrogens (primary N) is 1. The van der Waals surface area contributed by atoms with Crippen molar-refractivity contribution in [1.82, 2.24) is 37.2 Å². The minimum absolute atomic E-state index is 0.0304. The van der Waals surface area contributed by atoms with Gasteiger partial charge in [0.05, 0.1) is 31.3 Å². The van der Waals surface area contributed by atoms with Crippen molar-refractivity contribution in [3.05, 3.63) is 35.9 Å². The Morgan fingerprint density at radius 3 is 1.69 bits per heavy atom. The van der Waals surface area contributed by atoms with Crippen LogP contribution in [0.25, 0.3) is 0 Å². The van der Waals surface area contributed by atoms with Crippen LogP contribution >= 0.6 is 11.8 Å². The van der Waals surface area contributed by atoms with Gasteiger partial charge in [0.2, 0.25) is 41.4 Å². The molecule has 58 heavy (non-hydrogen) atoms. The molecule has 12 N–H and O–H groups in total. The summed E-state index contributed by atoms with van der Waals surface area (Å²) in [6.07, 6.45) is 0.120. The molecule has 0 heterocycles. The fourth-order valence-electron chi connectivity index (χ4n) is 5.37. The van der Waals surface area contributed by atoms with E-state index >= 15 is 0 Å². The van der Waals surface area contributed by atoms with E-state index in [2.05, 4.69) is 31.9 Å². The van der Waals surface area contributed by atoms with E-state index in [1.165, 1.54) is 18.7 Å². The number of benzene rings is 1. The van der Waals surface area contributed by atoms with Crippen LogP contribution in [-0.2, 0) is 44.8 Å². The third-order valence-corrected chi connectivity index (χ3v) is 10.1. The van der Waals surface area contributed by atoms with Gasteiger partial charge in [0.25, 0.3) is 0 Å². The number of amides is 7. The van der Waals surface area contributed by atoms with Gasteiger partial charge in [0.15, 0.2) is 6.04 Å². The zero-order valence-electron chi connectivity index (χ0n) is 34.2. The molecule has 0 aliphatic carbocycles. The molecule has 1 rings (SSSR count). The van der Waals surface area contributed by atoms with Crippen LogP contribution in [0.5, 0.6) is 0 Å². The summed E-state index contributed by atoms with van der Waals surface area (Å²) in [6.45, 7) is 8.41. The number of aliphatic hydroxyl groups excluding tert-OH is 2. The van der Waals surface area contributed by atoms with Crippen LogP contribution in [0.1, 0.15) is 66.4 Å². The molecule has 10 atom stereocenters. The first-order valence-corrected chi connectivity index (χ1v) is 20.6. The zero-order valence-corrected chi connectivity index (χ0v) is 35.0. The number of thioether (sulfide) groups is 1. The fraction of sp³-hybridized carbons (Fsp3) is 0.632. The van der Waals surface area contributed by atoms with E-state index in [0.29, 0.717) is 24.2 Å². The highest BCUT2D eigenvalue weighted by Crippen LogP contribution is 2.11. The summed E-state index contributed by atoms with van der Waals surface area (Å²) in [5, 5.41) is 46.2. The maximum Gasteiger partial charge on any atom is 0.328 e. The summed E-state index contributed by atoms with van der Waals surface area (Å²) in [5.41, 5.74) is 6.71. The van der Waals surface area contributed by atoms with Crippen molar-refractivity contribution in [2.45, 2.75) is 116 Å². The van der Waals surface area contributed by atoms with E-state index in [9.17, 15) is 53.7 Å². The van der Waals surface area contributed by atoms with Crippen molar-refractivity contribution in [2.75, 3.05) is 25.1 Å². The number of nitrogens with one attached hydrogen (secondary N) is 7. The van der Waals surface area contributed by atoms with Crippen LogP contribution in [0, 0.1) is 11.8 Å². The number of hydrogen-bond acceptors (Lipinski definition) is 12. The summed E-state index contributed by atoms with van der Waals surface area (Å²) in [4.78, 5) is 103. The van der Waals surface area contributed by atoms with Crippen molar-refractivity contribution in [1.29, 1.82) is 0 Å².